The second-order valence-electron chi connectivity index (χ2n) is 2.38. The lowest BCUT2D eigenvalue weighted by Crippen LogP contribution is -1.85. The lowest BCUT2D eigenvalue weighted by Gasteiger charge is -1.97. The number of carbonyl (C=O) groups is 1. The van der Waals surface area contributed by atoms with Gasteiger partial charge in [0.25, 0.3) is 0 Å². The van der Waals surface area contributed by atoms with E-state index in [0.717, 1.165) is 11.6 Å². The van der Waals surface area contributed by atoms with Crippen LogP contribution in [0.1, 0.15) is 5.56 Å². The fourth-order valence-corrected chi connectivity index (χ4v) is 1.33. The van der Waals surface area contributed by atoms with Crippen molar-refractivity contribution in [3.8, 4) is 5.75 Å². The van der Waals surface area contributed by atoms with Gasteiger partial charge >= 0.3 is 5.97 Å². The largest absolute Gasteiger partial charge is 0.507 e. The van der Waals surface area contributed by atoms with Gasteiger partial charge in [-0.2, -0.15) is 0 Å². The number of rotatable bonds is 2. The fourth-order valence-electron chi connectivity index (χ4n) is 0.794. The van der Waals surface area contributed by atoms with E-state index < -0.39 is 5.97 Å². The molecule has 0 amide bonds. The number of halogens is 1. The van der Waals surface area contributed by atoms with E-state index in [-0.39, 0.29) is 5.75 Å². The smallest absolute Gasteiger partial charge is 0.328 e. The number of benzene rings is 1. The third-order valence-corrected chi connectivity index (χ3v) is 2.25. The Morgan fingerprint density at radius 2 is 2.15 bits per heavy atom. The molecule has 13 heavy (non-hydrogen) atoms. The van der Waals surface area contributed by atoms with Crippen LogP contribution in [0.5, 0.6) is 5.75 Å². The molecule has 1 aromatic carbocycles. The molecule has 0 aliphatic carbocycles. The Kier molecular flexibility index (Phi) is 3.30. The van der Waals surface area contributed by atoms with Crippen molar-refractivity contribution in [3.63, 3.8) is 0 Å². The molecule has 2 N–H and O–H groups in total. The van der Waals surface area contributed by atoms with Crippen LogP contribution in [0, 0.1) is 3.57 Å². The zero-order valence-electron chi connectivity index (χ0n) is 6.57. The van der Waals surface area contributed by atoms with Gasteiger partial charge in [-0.05, 0) is 46.4 Å². The molecule has 1 rings (SSSR count). The number of carboxylic acids is 1. The van der Waals surface area contributed by atoms with Gasteiger partial charge in [0.1, 0.15) is 5.75 Å². The number of carboxylic acid groups (broad SMARTS) is 1. The third-order valence-electron chi connectivity index (χ3n) is 1.39. The maximum absolute atomic E-state index is 10.2. The SMILES string of the molecule is O=C(O)/C=C/c1ccc(O)c(I)c1. The van der Waals surface area contributed by atoms with E-state index in [1.165, 1.54) is 12.1 Å². The summed E-state index contributed by atoms with van der Waals surface area (Å²) in [5.74, 6) is -0.781. The lowest BCUT2D eigenvalue weighted by molar-refractivity contribution is -0.131. The van der Waals surface area contributed by atoms with E-state index in [1.807, 2.05) is 22.6 Å². The van der Waals surface area contributed by atoms with Crippen molar-refractivity contribution in [2.75, 3.05) is 0 Å². The summed E-state index contributed by atoms with van der Waals surface area (Å²) in [5.41, 5.74) is 0.754. The number of aromatic hydroxyl groups is 1. The molecule has 4 heteroatoms. The Hall–Kier alpha value is -1.04. The van der Waals surface area contributed by atoms with Crippen LogP contribution in [-0.4, -0.2) is 16.2 Å². The second-order valence-corrected chi connectivity index (χ2v) is 3.54. The van der Waals surface area contributed by atoms with Crippen molar-refractivity contribution >= 4 is 34.6 Å². The molecule has 0 bridgehead atoms. The normalized spacial score (nSPS) is 10.5. The Balaban J connectivity index is 2.92. The van der Waals surface area contributed by atoms with Crippen molar-refractivity contribution in [2.24, 2.45) is 0 Å². The molecule has 0 radical (unpaired) electrons. The average Bonchev–Trinajstić information content (AvgIpc) is 2.07. The molecule has 0 spiro atoms. The van der Waals surface area contributed by atoms with Gasteiger partial charge in [0.2, 0.25) is 0 Å². The summed E-state index contributed by atoms with van der Waals surface area (Å²) in [4.78, 5) is 10.2. The monoisotopic (exact) mass is 290 g/mol. The summed E-state index contributed by atoms with van der Waals surface area (Å²) < 4.78 is 0.699. The Morgan fingerprint density at radius 1 is 1.46 bits per heavy atom. The van der Waals surface area contributed by atoms with E-state index in [0.29, 0.717) is 3.57 Å². The highest BCUT2D eigenvalue weighted by atomic mass is 127. The molecular weight excluding hydrogens is 283 g/mol. The second kappa shape index (κ2) is 4.27. The zero-order valence-corrected chi connectivity index (χ0v) is 8.72. The number of phenolic OH excluding ortho intramolecular Hbond substituents is 1. The van der Waals surface area contributed by atoms with Crippen LogP contribution in [-0.2, 0) is 4.79 Å². The molecule has 0 saturated heterocycles. The minimum Gasteiger partial charge on any atom is -0.507 e. The van der Waals surface area contributed by atoms with Crippen molar-refractivity contribution in [1.29, 1.82) is 0 Å². The van der Waals surface area contributed by atoms with Gasteiger partial charge in [0, 0.05) is 6.08 Å². The van der Waals surface area contributed by atoms with Gasteiger partial charge in [-0.15, -0.1) is 0 Å². The Labute approximate surface area is 88.8 Å². The van der Waals surface area contributed by atoms with Gasteiger partial charge < -0.3 is 10.2 Å². The number of hydrogen-bond donors (Lipinski definition) is 2. The summed E-state index contributed by atoms with van der Waals surface area (Å²) >= 11 is 1.98. The number of phenols is 1. The summed E-state index contributed by atoms with van der Waals surface area (Å²) in [6.07, 6.45) is 2.53. The first kappa shape index (κ1) is 10.0. The number of hydrogen-bond acceptors (Lipinski definition) is 2. The first-order chi connectivity index (χ1) is 6.09. The fraction of sp³-hybridized carbons (Fsp3) is 0. The molecule has 0 aliphatic rings. The molecule has 0 saturated carbocycles. The standard InChI is InChI=1S/C9H7IO3/c10-7-5-6(1-3-8(7)11)2-4-9(12)13/h1-5,11H,(H,12,13)/b4-2+. The molecule has 3 nitrogen and oxygen atoms in total. The molecule has 0 atom stereocenters. The van der Waals surface area contributed by atoms with Crippen molar-refractivity contribution in [2.45, 2.75) is 0 Å². The average molecular weight is 290 g/mol. The molecular formula is C9H7IO3. The van der Waals surface area contributed by atoms with E-state index >= 15 is 0 Å². The summed E-state index contributed by atoms with van der Waals surface area (Å²) in [5, 5.41) is 17.5. The van der Waals surface area contributed by atoms with Crippen LogP contribution in [0.3, 0.4) is 0 Å². The first-order valence-electron chi connectivity index (χ1n) is 3.49. The topological polar surface area (TPSA) is 57.5 Å². The number of aliphatic carboxylic acids is 1. The maximum atomic E-state index is 10.2. The van der Waals surface area contributed by atoms with Gasteiger partial charge in [0.15, 0.2) is 0 Å². The van der Waals surface area contributed by atoms with E-state index in [1.54, 1.807) is 12.1 Å². The summed E-state index contributed by atoms with van der Waals surface area (Å²) in [7, 11) is 0. The molecule has 0 heterocycles. The molecule has 0 aliphatic heterocycles. The quantitative estimate of drug-likeness (QED) is 0.647. The predicted octanol–water partition coefficient (Wildman–Crippen LogP) is 2.09. The van der Waals surface area contributed by atoms with E-state index in [2.05, 4.69) is 0 Å². The first-order valence-corrected chi connectivity index (χ1v) is 4.57. The molecule has 0 aromatic heterocycles. The molecule has 0 unspecified atom stereocenters. The van der Waals surface area contributed by atoms with E-state index in [4.69, 9.17) is 5.11 Å². The Bertz CT molecular complexity index is 358. The van der Waals surface area contributed by atoms with Gasteiger partial charge in [-0.25, -0.2) is 4.79 Å². The van der Waals surface area contributed by atoms with Gasteiger partial charge in [0.05, 0.1) is 3.57 Å². The molecule has 68 valence electrons. The van der Waals surface area contributed by atoms with Crippen LogP contribution >= 0.6 is 22.6 Å². The Morgan fingerprint density at radius 3 is 2.69 bits per heavy atom. The van der Waals surface area contributed by atoms with Crippen molar-refractivity contribution < 1.29 is 15.0 Å². The van der Waals surface area contributed by atoms with Crippen LogP contribution in [0.15, 0.2) is 24.3 Å². The highest BCUT2D eigenvalue weighted by molar-refractivity contribution is 14.1. The van der Waals surface area contributed by atoms with Crippen LogP contribution in [0.25, 0.3) is 6.08 Å². The predicted molar refractivity (Wildman–Crippen MR) is 57.5 cm³/mol. The van der Waals surface area contributed by atoms with Crippen LogP contribution < -0.4 is 0 Å². The molecule has 1 aromatic rings. The molecule has 0 fully saturated rings. The summed E-state index contributed by atoms with van der Waals surface area (Å²) in [6, 6.07) is 4.88. The zero-order chi connectivity index (χ0) is 9.84. The summed E-state index contributed by atoms with van der Waals surface area (Å²) in [6.45, 7) is 0. The van der Waals surface area contributed by atoms with Crippen LogP contribution in [0.2, 0.25) is 0 Å². The van der Waals surface area contributed by atoms with Gasteiger partial charge in [-0.1, -0.05) is 6.07 Å². The third kappa shape index (κ3) is 3.06. The minimum atomic E-state index is -0.983. The van der Waals surface area contributed by atoms with Gasteiger partial charge in [-0.3, -0.25) is 0 Å². The van der Waals surface area contributed by atoms with E-state index in [9.17, 15) is 9.90 Å². The van der Waals surface area contributed by atoms with Crippen molar-refractivity contribution in [1.82, 2.24) is 0 Å². The highest BCUT2D eigenvalue weighted by Crippen LogP contribution is 2.20. The highest BCUT2D eigenvalue weighted by Gasteiger charge is 1.96. The minimum absolute atomic E-state index is 0.202. The van der Waals surface area contributed by atoms with Crippen LogP contribution in [0.4, 0.5) is 0 Å². The van der Waals surface area contributed by atoms with Crippen molar-refractivity contribution in [3.05, 3.63) is 33.4 Å². The lowest BCUT2D eigenvalue weighted by atomic mass is 10.2. The maximum Gasteiger partial charge on any atom is 0.328 e.